The largest absolute Gasteiger partial charge is 0.741 e. The fourth-order valence-corrected chi connectivity index (χ4v) is 9.93. The molecule has 3 heterocycles. The van der Waals surface area contributed by atoms with Gasteiger partial charge < -0.3 is 9.45 Å². The first-order valence-electron chi connectivity index (χ1n) is 14.4. The Morgan fingerprint density at radius 3 is 1.59 bits per heavy atom. The summed E-state index contributed by atoms with van der Waals surface area (Å²) in [7, 11) is -8.26. The van der Waals surface area contributed by atoms with Gasteiger partial charge >= 0.3 is 5.51 Å². The molecule has 8 nitrogen and oxygen atoms in total. The highest BCUT2D eigenvalue weighted by atomic mass is 32.2. The van der Waals surface area contributed by atoms with E-state index in [0.717, 1.165) is 38.7 Å². The van der Waals surface area contributed by atoms with Gasteiger partial charge in [0.1, 0.15) is 28.5 Å². The van der Waals surface area contributed by atoms with Gasteiger partial charge in [-0.05, 0) is 42.5 Å². The molecule has 13 heteroatoms. The Morgan fingerprint density at radius 1 is 0.696 bits per heavy atom. The predicted molar refractivity (Wildman–Crippen MR) is 174 cm³/mol. The Balaban J connectivity index is 0.000000463. The minimum atomic E-state index is -6.09. The van der Waals surface area contributed by atoms with Crippen molar-refractivity contribution in [2.75, 3.05) is 31.1 Å². The Labute approximate surface area is 266 Å². The maximum absolute atomic E-state index is 10.7. The van der Waals surface area contributed by atoms with E-state index in [-0.39, 0.29) is 0 Å². The normalized spacial score (nSPS) is 14.3. The summed E-state index contributed by atoms with van der Waals surface area (Å²) in [5, 5.41) is 5.45. The lowest BCUT2D eigenvalue weighted by atomic mass is 10.2. The molecule has 1 aliphatic rings. The average molecular weight is 666 g/mol. The number of alkyl halides is 3. The third kappa shape index (κ3) is 7.42. The van der Waals surface area contributed by atoms with Crippen LogP contribution in [0.1, 0.15) is 5.56 Å². The third-order valence-corrected chi connectivity index (χ3v) is 12.5. The Hall–Kier alpha value is -4.22. The van der Waals surface area contributed by atoms with Crippen LogP contribution in [0.2, 0.25) is 0 Å². The lowest BCUT2D eigenvalue weighted by Crippen LogP contribution is -2.47. The minimum absolute atomic E-state index is 0.816. The monoisotopic (exact) mass is 665 g/mol. The molecule has 0 amide bonds. The molecule has 46 heavy (non-hydrogen) atoms. The molecule has 5 aromatic rings. The topological polar surface area (TPSA) is 102 Å². The van der Waals surface area contributed by atoms with E-state index in [1.807, 2.05) is 24.7 Å². The summed E-state index contributed by atoms with van der Waals surface area (Å²) < 4.78 is 58.9. The molecule has 6 rings (SSSR count). The second-order valence-electron chi connectivity index (χ2n) is 10.4. The number of hydrogen-bond acceptors (Lipinski definition) is 8. The minimum Gasteiger partial charge on any atom is -0.741 e. The van der Waals surface area contributed by atoms with Crippen molar-refractivity contribution in [3.8, 4) is 0 Å². The molecule has 1 aliphatic heterocycles. The maximum Gasteiger partial charge on any atom is 0.485 e. The van der Waals surface area contributed by atoms with E-state index < -0.39 is 22.9 Å². The van der Waals surface area contributed by atoms with Gasteiger partial charge in [-0.1, -0.05) is 54.6 Å². The molecule has 0 aliphatic carbocycles. The van der Waals surface area contributed by atoms with Crippen LogP contribution in [0.5, 0.6) is 0 Å². The number of halogens is 3. The maximum atomic E-state index is 10.7. The molecule has 0 radical (unpaired) electrons. The van der Waals surface area contributed by atoms with Crippen molar-refractivity contribution in [2.45, 2.75) is 12.1 Å². The van der Waals surface area contributed by atoms with Crippen molar-refractivity contribution < 1.29 is 26.1 Å². The number of rotatable bonds is 7. The first-order valence-corrected chi connectivity index (χ1v) is 17.6. The average Bonchev–Trinajstić information content (AvgIpc) is 3.07. The number of aromatic nitrogens is 3. The van der Waals surface area contributed by atoms with Crippen LogP contribution in [0.3, 0.4) is 0 Å². The van der Waals surface area contributed by atoms with E-state index in [2.05, 4.69) is 128 Å². The molecule has 0 atom stereocenters. The summed E-state index contributed by atoms with van der Waals surface area (Å²) in [6.45, 7) is 4.60. The number of anilines is 1. The van der Waals surface area contributed by atoms with E-state index in [0.29, 0.717) is 0 Å². The van der Waals surface area contributed by atoms with Crippen LogP contribution in [0.4, 0.5) is 19.1 Å². The molecule has 2 aromatic heterocycles. The highest BCUT2D eigenvalue weighted by Crippen LogP contribution is 2.54. The first kappa shape index (κ1) is 33.2. The van der Waals surface area contributed by atoms with Crippen molar-refractivity contribution >= 4 is 44.5 Å². The zero-order valence-electron chi connectivity index (χ0n) is 24.6. The Kier molecular flexibility index (Phi) is 10.4. The molecule has 0 N–H and O–H groups in total. The van der Waals surface area contributed by atoms with Crippen LogP contribution in [0.25, 0.3) is 0 Å². The Bertz CT molecular complexity index is 1700. The van der Waals surface area contributed by atoms with E-state index in [1.165, 1.54) is 26.8 Å². The summed E-state index contributed by atoms with van der Waals surface area (Å²) in [5.41, 5.74) is -4.35. The number of hydrogen-bond donors (Lipinski definition) is 0. The first-order chi connectivity index (χ1) is 22.1. The van der Waals surface area contributed by atoms with Gasteiger partial charge in [0.25, 0.3) is 0 Å². The molecule has 0 saturated carbocycles. The van der Waals surface area contributed by atoms with Crippen molar-refractivity contribution in [1.82, 2.24) is 19.9 Å². The molecule has 0 unspecified atom stereocenters. The lowest BCUT2D eigenvalue weighted by Gasteiger charge is -2.35. The SMILES string of the molecule is O=S(=O)([O-])C(F)(F)F.c1ccc([P+](c2ccccc2)(c2ccccc2)c2ccncc2CN2CCN(c3ncccn3)CC2)cc1. The van der Waals surface area contributed by atoms with Gasteiger partial charge in [0.2, 0.25) is 5.95 Å². The van der Waals surface area contributed by atoms with Gasteiger partial charge in [0.15, 0.2) is 10.1 Å². The van der Waals surface area contributed by atoms with E-state index in [1.54, 1.807) is 0 Å². The zero-order chi connectivity index (χ0) is 32.6. The lowest BCUT2D eigenvalue weighted by molar-refractivity contribution is -0.0517. The van der Waals surface area contributed by atoms with E-state index >= 15 is 0 Å². The molecular formula is C33H31F3N5O3PS. The van der Waals surface area contributed by atoms with Gasteiger partial charge in [-0.25, -0.2) is 18.4 Å². The van der Waals surface area contributed by atoms with Crippen molar-refractivity contribution in [3.63, 3.8) is 0 Å². The molecule has 3 aromatic carbocycles. The highest BCUT2D eigenvalue weighted by Gasteiger charge is 2.49. The number of nitrogens with zero attached hydrogens (tertiary/aromatic N) is 5. The van der Waals surface area contributed by atoms with Gasteiger partial charge in [-0.2, -0.15) is 13.2 Å². The number of benzene rings is 3. The summed E-state index contributed by atoms with van der Waals surface area (Å²) in [6.07, 6.45) is 7.69. The van der Waals surface area contributed by atoms with Crippen LogP contribution in [0.15, 0.2) is 128 Å². The summed E-state index contributed by atoms with van der Waals surface area (Å²) >= 11 is 0. The van der Waals surface area contributed by atoms with Crippen LogP contribution in [-0.2, 0) is 16.7 Å². The van der Waals surface area contributed by atoms with Crippen LogP contribution in [0, 0.1) is 0 Å². The molecule has 0 bridgehead atoms. The number of pyridine rings is 1. The smallest absolute Gasteiger partial charge is 0.485 e. The molecule has 1 fully saturated rings. The van der Waals surface area contributed by atoms with Crippen molar-refractivity contribution in [1.29, 1.82) is 0 Å². The quantitative estimate of drug-likeness (QED) is 0.147. The van der Waals surface area contributed by atoms with Gasteiger partial charge in [-0.15, -0.1) is 0 Å². The Morgan fingerprint density at radius 2 is 1.15 bits per heavy atom. The summed E-state index contributed by atoms with van der Waals surface area (Å²) in [6, 6.07) is 37.3. The van der Waals surface area contributed by atoms with Crippen LogP contribution < -0.4 is 26.1 Å². The van der Waals surface area contributed by atoms with Gasteiger partial charge in [0.05, 0.1) is 0 Å². The highest BCUT2D eigenvalue weighted by molar-refractivity contribution is 8.01. The molecule has 1 saturated heterocycles. The molecule has 0 spiro atoms. The molecule has 238 valence electrons. The summed E-state index contributed by atoms with van der Waals surface area (Å²) in [5.74, 6) is 0.816. The van der Waals surface area contributed by atoms with Crippen LogP contribution in [-0.4, -0.2) is 64.5 Å². The fraction of sp³-hybridized carbons (Fsp3) is 0.182. The number of piperazine rings is 1. The van der Waals surface area contributed by atoms with Crippen LogP contribution >= 0.6 is 7.26 Å². The fourth-order valence-electron chi connectivity index (χ4n) is 5.49. The predicted octanol–water partition coefficient (Wildman–Crippen LogP) is 3.86. The van der Waals surface area contributed by atoms with E-state index in [9.17, 15) is 13.2 Å². The standard InChI is InChI=1S/C32H31N5P.CHF3O3S/c1-4-11-28(12-5-1)38(29-13-6-2-7-14-29,30-15-8-3-9-16-30)31-17-20-33-25-27(31)26-36-21-23-37(24-22-36)32-34-18-10-19-35-32;2-1(3,4)8(5,6)7/h1-20,25H,21-24,26H2;(H,5,6,7)/q+1;/p-1. The third-order valence-electron chi connectivity index (χ3n) is 7.55. The van der Waals surface area contributed by atoms with Gasteiger partial charge in [0, 0.05) is 69.1 Å². The van der Waals surface area contributed by atoms with Gasteiger partial charge in [-0.3, -0.25) is 9.88 Å². The van der Waals surface area contributed by atoms with Crippen molar-refractivity contribution in [3.05, 3.63) is 133 Å². The zero-order valence-corrected chi connectivity index (χ0v) is 26.3. The summed E-state index contributed by atoms with van der Waals surface area (Å²) in [4.78, 5) is 18.3. The second kappa shape index (κ2) is 14.5. The second-order valence-corrected chi connectivity index (χ2v) is 15.1. The van der Waals surface area contributed by atoms with E-state index in [4.69, 9.17) is 13.0 Å². The molecular weight excluding hydrogens is 634 g/mol. The van der Waals surface area contributed by atoms with Crippen molar-refractivity contribution in [2.24, 2.45) is 0 Å².